The van der Waals surface area contributed by atoms with E-state index in [0.29, 0.717) is 16.8 Å². The van der Waals surface area contributed by atoms with E-state index in [2.05, 4.69) is 10.3 Å². The highest BCUT2D eigenvalue weighted by Crippen LogP contribution is 2.26. The van der Waals surface area contributed by atoms with Crippen molar-refractivity contribution in [3.63, 3.8) is 0 Å². The van der Waals surface area contributed by atoms with Crippen LogP contribution in [0.5, 0.6) is 0 Å². The third kappa shape index (κ3) is 4.32. The van der Waals surface area contributed by atoms with Gasteiger partial charge in [-0.2, -0.15) is 0 Å². The molecular weight excluding hydrogens is 354 g/mol. The molecule has 3 N–H and O–H groups in total. The van der Waals surface area contributed by atoms with Crippen molar-refractivity contribution in [3.05, 3.63) is 56.9 Å². The highest BCUT2D eigenvalue weighted by atomic mass is 16.6. The number of nitro groups is 1. The number of amides is 1. The summed E-state index contributed by atoms with van der Waals surface area (Å²) >= 11 is 0. The zero-order chi connectivity index (χ0) is 20.3. The number of para-hydroxylation sites is 2. The lowest BCUT2D eigenvalue weighted by Gasteiger charge is -2.13. The number of nitrogens with one attached hydrogen (secondary N) is 2. The molecule has 2 aromatic rings. The van der Waals surface area contributed by atoms with E-state index < -0.39 is 29.0 Å². The number of H-pyrrole nitrogens is 1. The molecule has 0 fully saturated rings. The van der Waals surface area contributed by atoms with Gasteiger partial charge in [0.1, 0.15) is 11.4 Å². The van der Waals surface area contributed by atoms with E-state index in [9.17, 15) is 24.8 Å². The number of aromatic nitrogens is 1. The van der Waals surface area contributed by atoms with Gasteiger partial charge in [-0.15, -0.1) is 0 Å². The minimum Gasteiger partial charge on any atom is -0.448 e. The number of hydrogen-bond acceptors (Lipinski definition) is 6. The number of carbonyl (C=O) groups is 2. The van der Waals surface area contributed by atoms with Gasteiger partial charge in [0, 0.05) is 17.3 Å². The summed E-state index contributed by atoms with van der Waals surface area (Å²) in [6.07, 6.45) is -1.95. The number of esters is 1. The van der Waals surface area contributed by atoms with Crippen LogP contribution < -0.4 is 5.32 Å². The summed E-state index contributed by atoms with van der Waals surface area (Å²) in [6.45, 7) is 6.33. The summed E-state index contributed by atoms with van der Waals surface area (Å²) in [6, 6.07) is 5.67. The minimum absolute atomic E-state index is 0.0127. The fourth-order valence-electron chi connectivity index (χ4n) is 2.84. The molecule has 2 rings (SSSR count). The number of nitrogens with zero attached hydrogens (tertiary/aromatic N) is 1. The molecule has 0 saturated carbocycles. The number of carbonyl (C=O) groups excluding carboxylic acids is 2. The first-order valence-corrected chi connectivity index (χ1v) is 8.25. The topological polar surface area (TPSA) is 135 Å². The van der Waals surface area contributed by atoms with Crippen molar-refractivity contribution in [2.24, 2.45) is 0 Å². The standard InChI is InChI=1S/C18H21N3O6/c1-9-15(11(3)22)10(2)19-16(9)18(24)27-12(4)17(23)20-13-7-5-6-8-14(13)21(25)26/h5-8,11-12,19,22H,1-4H3,(H,20,23)/t11-,12-/m1/s1. The maximum Gasteiger partial charge on any atom is 0.355 e. The van der Waals surface area contributed by atoms with Crippen LogP contribution in [0.3, 0.4) is 0 Å². The predicted molar refractivity (Wildman–Crippen MR) is 97.5 cm³/mol. The second kappa shape index (κ2) is 8.00. The van der Waals surface area contributed by atoms with Crippen molar-refractivity contribution in [1.29, 1.82) is 0 Å². The van der Waals surface area contributed by atoms with Gasteiger partial charge in [0.15, 0.2) is 6.10 Å². The number of anilines is 1. The van der Waals surface area contributed by atoms with Crippen molar-refractivity contribution < 1.29 is 24.4 Å². The average molecular weight is 375 g/mol. The van der Waals surface area contributed by atoms with Crippen LogP contribution in [0.25, 0.3) is 0 Å². The van der Waals surface area contributed by atoms with E-state index in [1.807, 2.05) is 0 Å². The highest BCUT2D eigenvalue weighted by molar-refractivity contribution is 5.98. The lowest BCUT2D eigenvalue weighted by atomic mass is 10.1. The minimum atomic E-state index is -1.18. The average Bonchev–Trinajstić information content (AvgIpc) is 2.89. The molecule has 1 amide bonds. The third-order valence-electron chi connectivity index (χ3n) is 4.13. The molecule has 0 aliphatic rings. The Kier molecular flexibility index (Phi) is 5.96. The molecule has 9 heteroatoms. The molecule has 1 heterocycles. The lowest BCUT2D eigenvalue weighted by molar-refractivity contribution is -0.383. The number of rotatable bonds is 6. The summed E-state index contributed by atoms with van der Waals surface area (Å²) in [5.41, 5.74) is 1.67. The van der Waals surface area contributed by atoms with Gasteiger partial charge >= 0.3 is 5.97 Å². The maximum atomic E-state index is 12.4. The van der Waals surface area contributed by atoms with Gasteiger partial charge in [-0.1, -0.05) is 12.1 Å². The molecule has 0 aliphatic heterocycles. The number of aliphatic hydroxyl groups is 1. The predicted octanol–water partition coefficient (Wildman–Crippen LogP) is 2.78. The Morgan fingerprint density at radius 2 is 1.89 bits per heavy atom. The van der Waals surface area contributed by atoms with Crippen LogP contribution >= 0.6 is 0 Å². The lowest BCUT2D eigenvalue weighted by Crippen LogP contribution is -2.30. The van der Waals surface area contributed by atoms with Crippen molar-refractivity contribution >= 4 is 23.3 Å². The summed E-state index contributed by atoms with van der Waals surface area (Å²) in [5, 5.41) is 23.2. The number of ether oxygens (including phenoxy) is 1. The van der Waals surface area contributed by atoms with Gasteiger partial charge < -0.3 is 20.1 Å². The molecule has 0 unspecified atom stereocenters. The molecule has 144 valence electrons. The van der Waals surface area contributed by atoms with E-state index in [4.69, 9.17) is 4.74 Å². The molecule has 1 aromatic heterocycles. The van der Waals surface area contributed by atoms with Crippen LogP contribution in [-0.4, -0.2) is 33.0 Å². The number of aryl methyl sites for hydroxylation is 1. The van der Waals surface area contributed by atoms with Crippen LogP contribution in [0.4, 0.5) is 11.4 Å². The van der Waals surface area contributed by atoms with E-state index in [-0.39, 0.29) is 17.1 Å². The van der Waals surface area contributed by atoms with Crippen molar-refractivity contribution in [1.82, 2.24) is 4.98 Å². The quantitative estimate of drug-likeness (QED) is 0.404. The molecule has 9 nitrogen and oxygen atoms in total. The number of benzene rings is 1. The molecule has 0 radical (unpaired) electrons. The Labute approximate surface area is 155 Å². The van der Waals surface area contributed by atoms with Gasteiger partial charge in [0.2, 0.25) is 0 Å². The largest absolute Gasteiger partial charge is 0.448 e. The van der Waals surface area contributed by atoms with Crippen molar-refractivity contribution in [3.8, 4) is 0 Å². The van der Waals surface area contributed by atoms with Crippen molar-refractivity contribution in [2.45, 2.75) is 39.9 Å². The molecule has 0 saturated heterocycles. The number of aromatic amines is 1. The number of aliphatic hydroxyl groups excluding tert-OH is 1. The number of nitro benzene ring substituents is 1. The zero-order valence-electron chi connectivity index (χ0n) is 15.4. The maximum absolute atomic E-state index is 12.4. The Hall–Kier alpha value is -3.20. The van der Waals surface area contributed by atoms with Gasteiger partial charge in [-0.3, -0.25) is 14.9 Å². The molecule has 0 bridgehead atoms. The van der Waals surface area contributed by atoms with E-state index in [1.165, 1.54) is 25.1 Å². The summed E-state index contributed by atoms with van der Waals surface area (Å²) < 4.78 is 5.17. The fraction of sp³-hybridized carbons (Fsp3) is 0.333. The fourth-order valence-corrected chi connectivity index (χ4v) is 2.84. The van der Waals surface area contributed by atoms with E-state index in [0.717, 1.165) is 0 Å². The SMILES string of the molecule is Cc1[nH]c(C(=O)O[C@H](C)C(=O)Nc2ccccc2[N+](=O)[O-])c(C)c1[C@@H](C)O. The van der Waals surface area contributed by atoms with E-state index >= 15 is 0 Å². The first-order valence-electron chi connectivity index (χ1n) is 8.25. The molecule has 0 aliphatic carbocycles. The summed E-state index contributed by atoms with van der Waals surface area (Å²) in [7, 11) is 0. The Morgan fingerprint density at radius 1 is 1.26 bits per heavy atom. The molecular formula is C18H21N3O6. The van der Waals surface area contributed by atoms with Crippen LogP contribution in [-0.2, 0) is 9.53 Å². The zero-order valence-corrected chi connectivity index (χ0v) is 15.4. The monoisotopic (exact) mass is 375 g/mol. The second-order valence-corrected chi connectivity index (χ2v) is 6.15. The van der Waals surface area contributed by atoms with Crippen LogP contribution in [0, 0.1) is 24.0 Å². The first kappa shape index (κ1) is 20.1. The summed E-state index contributed by atoms with van der Waals surface area (Å²) in [4.78, 5) is 37.9. The van der Waals surface area contributed by atoms with Gasteiger partial charge in [0.05, 0.1) is 11.0 Å². The smallest absolute Gasteiger partial charge is 0.355 e. The molecule has 2 atom stereocenters. The molecule has 0 spiro atoms. The van der Waals surface area contributed by atoms with Crippen molar-refractivity contribution in [2.75, 3.05) is 5.32 Å². The normalized spacial score (nSPS) is 12.9. The van der Waals surface area contributed by atoms with Gasteiger partial charge in [-0.25, -0.2) is 4.79 Å². The van der Waals surface area contributed by atoms with E-state index in [1.54, 1.807) is 26.8 Å². The second-order valence-electron chi connectivity index (χ2n) is 6.15. The first-order chi connectivity index (χ1) is 12.6. The highest BCUT2D eigenvalue weighted by Gasteiger charge is 2.25. The summed E-state index contributed by atoms with van der Waals surface area (Å²) in [5.74, 6) is -1.46. The van der Waals surface area contributed by atoms with Gasteiger partial charge in [-0.05, 0) is 39.3 Å². The molecule has 1 aromatic carbocycles. The van der Waals surface area contributed by atoms with Crippen LogP contribution in [0.1, 0.15) is 47.3 Å². The number of hydrogen-bond donors (Lipinski definition) is 3. The van der Waals surface area contributed by atoms with Crippen LogP contribution in [0.15, 0.2) is 24.3 Å². The van der Waals surface area contributed by atoms with Gasteiger partial charge in [0.25, 0.3) is 11.6 Å². The Balaban J connectivity index is 2.12. The molecule has 27 heavy (non-hydrogen) atoms. The Morgan fingerprint density at radius 3 is 2.44 bits per heavy atom. The Bertz CT molecular complexity index is 887. The third-order valence-corrected chi connectivity index (χ3v) is 4.13. The van der Waals surface area contributed by atoms with Crippen LogP contribution in [0.2, 0.25) is 0 Å².